The number of carbonyl (C=O) groups is 1. The van der Waals surface area contributed by atoms with Gasteiger partial charge in [0.1, 0.15) is 4.90 Å². The minimum absolute atomic E-state index is 0.0311. The molecule has 0 atom stereocenters. The fourth-order valence-electron chi connectivity index (χ4n) is 2.07. The first-order valence-electron chi connectivity index (χ1n) is 7.16. The molecule has 0 bridgehead atoms. The van der Waals surface area contributed by atoms with Crippen molar-refractivity contribution in [2.75, 3.05) is 11.9 Å². The van der Waals surface area contributed by atoms with Crippen LogP contribution in [0.2, 0.25) is 10.0 Å². The smallest absolute Gasteiger partial charge is 0.242 e. The summed E-state index contributed by atoms with van der Waals surface area (Å²) in [6.45, 7) is 1.55. The summed E-state index contributed by atoms with van der Waals surface area (Å²) in [7, 11) is -3.94. The molecule has 2 aromatic carbocycles. The Kier molecular flexibility index (Phi) is 6.23. The summed E-state index contributed by atoms with van der Waals surface area (Å²) in [4.78, 5) is 11.8. The third-order valence-corrected chi connectivity index (χ3v) is 5.40. The lowest BCUT2D eigenvalue weighted by atomic mass is 10.1. The molecule has 1 amide bonds. The first kappa shape index (κ1) is 18.7. The Balaban J connectivity index is 2.06. The van der Waals surface area contributed by atoms with Crippen LogP contribution in [0.4, 0.5) is 5.69 Å². The van der Waals surface area contributed by atoms with Crippen molar-refractivity contribution in [3.05, 3.63) is 58.1 Å². The van der Waals surface area contributed by atoms with Crippen LogP contribution >= 0.6 is 23.2 Å². The maximum absolute atomic E-state index is 12.3. The molecule has 0 saturated heterocycles. The van der Waals surface area contributed by atoms with Crippen LogP contribution < -0.4 is 10.0 Å². The predicted octanol–water partition coefficient (Wildman–Crippen LogP) is 3.47. The molecule has 0 unspecified atom stereocenters. The van der Waals surface area contributed by atoms with E-state index in [1.165, 1.54) is 18.2 Å². The first-order chi connectivity index (χ1) is 11.3. The summed E-state index contributed by atoms with van der Waals surface area (Å²) in [5, 5.41) is 2.95. The Morgan fingerprint density at radius 2 is 1.83 bits per heavy atom. The zero-order valence-electron chi connectivity index (χ0n) is 12.8. The summed E-state index contributed by atoms with van der Waals surface area (Å²) >= 11 is 11.7. The van der Waals surface area contributed by atoms with Gasteiger partial charge < -0.3 is 5.32 Å². The summed E-state index contributed by atoms with van der Waals surface area (Å²) < 4.78 is 26.7. The van der Waals surface area contributed by atoms with E-state index in [-0.39, 0.29) is 14.9 Å². The van der Waals surface area contributed by atoms with Gasteiger partial charge in [0, 0.05) is 10.7 Å². The van der Waals surface area contributed by atoms with Gasteiger partial charge in [-0.05, 0) is 36.2 Å². The lowest BCUT2D eigenvalue weighted by Gasteiger charge is -2.11. The molecule has 2 rings (SSSR count). The zero-order valence-corrected chi connectivity index (χ0v) is 15.2. The van der Waals surface area contributed by atoms with E-state index in [9.17, 15) is 13.2 Å². The molecule has 128 valence electrons. The molecule has 0 heterocycles. The SMILES string of the molecule is CCc1ccccc1NC(=O)CNS(=O)(=O)c1cc(Cl)ccc1Cl. The van der Waals surface area contributed by atoms with Crippen molar-refractivity contribution in [2.24, 2.45) is 0 Å². The minimum Gasteiger partial charge on any atom is -0.325 e. The summed E-state index contributed by atoms with van der Waals surface area (Å²) in [6.07, 6.45) is 0.750. The summed E-state index contributed by atoms with van der Waals surface area (Å²) in [5.41, 5.74) is 1.62. The van der Waals surface area contributed by atoms with Crippen LogP contribution in [0.5, 0.6) is 0 Å². The lowest BCUT2D eigenvalue weighted by Crippen LogP contribution is -2.33. The maximum atomic E-state index is 12.3. The second-order valence-corrected chi connectivity index (χ2v) is 7.54. The Morgan fingerprint density at radius 1 is 1.12 bits per heavy atom. The van der Waals surface area contributed by atoms with Crippen molar-refractivity contribution in [3.63, 3.8) is 0 Å². The molecule has 0 saturated carbocycles. The van der Waals surface area contributed by atoms with E-state index in [1.807, 2.05) is 19.1 Å². The molecule has 2 aromatic rings. The monoisotopic (exact) mass is 386 g/mol. The molecule has 2 N–H and O–H groups in total. The van der Waals surface area contributed by atoms with Crippen LogP contribution in [-0.4, -0.2) is 20.9 Å². The van der Waals surface area contributed by atoms with Crippen molar-refractivity contribution in [3.8, 4) is 0 Å². The molecular formula is C16H16Cl2N2O3S. The second kappa shape index (κ2) is 7.98. The molecular weight excluding hydrogens is 371 g/mol. The molecule has 0 fully saturated rings. The Labute approximate surface area is 151 Å². The largest absolute Gasteiger partial charge is 0.325 e. The van der Waals surface area contributed by atoms with Gasteiger partial charge in [-0.3, -0.25) is 4.79 Å². The molecule has 5 nitrogen and oxygen atoms in total. The van der Waals surface area contributed by atoms with Crippen LogP contribution in [0.25, 0.3) is 0 Å². The number of sulfonamides is 1. The first-order valence-corrected chi connectivity index (χ1v) is 9.40. The predicted molar refractivity (Wildman–Crippen MR) is 96.1 cm³/mol. The van der Waals surface area contributed by atoms with Gasteiger partial charge in [0.2, 0.25) is 15.9 Å². The molecule has 0 aliphatic rings. The molecule has 0 radical (unpaired) electrons. The van der Waals surface area contributed by atoms with Crippen molar-refractivity contribution in [2.45, 2.75) is 18.2 Å². The van der Waals surface area contributed by atoms with Crippen LogP contribution in [0.15, 0.2) is 47.4 Å². The molecule has 0 spiro atoms. The van der Waals surface area contributed by atoms with Crippen LogP contribution in [-0.2, 0) is 21.2 Å². The number of rotatable bonds is 6. The van der Waals surface area contributed by atoms with Crippen molar-refractivity contribution >= 4 is 44.8 Å². The second-order valence-electron chi connectivity index (χ2n) is 4.96. The summed E-state index contributed by atoms with van der Waals surface area (Å²) in [5.74, 6) is -0.474. The standard InChI is InChI=1S/C16H16Cl2N2O3S/c1-2-11-5-3-4-6-14(11)20-16(21)10-19-24(22,23)15-9-12(17)7-8-13(15)18/h3-9,19H,2,10H2,1H3,(H,20,21). The van der Waals surface area contributed by atoms with E-state index in [0.717, 1.165) is 12.0 Å². The van der Waals surface area contributed by atoms with Crippen LogP contribution in [0.3, 0.4) is 0 Å². The van der Waals surface area contributed by atoms with E-state index >= 15 is 0 Å². The van der Waals surface area contributed by atoms with Crippen molar-refractivity contribution in [1.82, 2.24) is 4.72 Å². The van der Waals surface area contributed by atoms with Gasteiger partial charge in [0.25, 0.3) is 0 Å². The highest BCUT2D eigenvalue weighted by Gasteiger charge is 2.19. The fourth-order valence-corrected chi connectivity index (χ4v) is 3.81. The number of aryl methyl sites for hydroxylation is 1. The minimum atomic E-state index is -3.94. The molecule has 0 aromatic heterocycles. The fraction of sp³-hybridized carbons (Fsp3) is 0.188. The highest BCUT2D eigenvalue weighted by Crippen LogP contribution is 2.24. The van der Waals surface area contributed by atoms with Gasteiger partial charge in [-0.15, -0.1) is 0 Å². The number of halogens is 2. The van der Waals surface area contributed by atoms with E-state index in [2.05, 4.69) is 10.0 Å². The number of carbonyl (C=O) groups excluding carboxylic acids is 1. The number of hydrogen-bond acceptors (Lipinski definition) is 3. The van der Waals surface area contributed by atoms with E-state index in [4.69, 9.17) is 23.2 Å². The van der Waals surface area contributed by atoms with E-state index in [1.54, 1.807) is 12.1 Å². The van der Waals surface area contributed by atoms with Gasteiger partial charge in [-0.1, -0.05) is 48.3 Å². The van der Waals surface area contributed by atoms with Gasteiger partial charge >= 0.3 is 0 Å². The Hall–Kier alpha value is -1.60. The van der Waals surface area contributed by atoms with Gasteiger partial charge in [-0.2, -0.15) is 0 Å². The van der Waals surface area contributed by atoms with Gasteiger partial charge in [-0.25, -0.2) is 13.1 Å². The maximum Gasteiger partial charge on any atom is 0.242 e. The highest BCUT2D eigenvalue weighted by molar-refractivity contribution is 7.89. The Morgan fingerprint density at radius 3 is 2.54 bits per heavy atom. The number of amides is 1. The summed E-state index contributed by atoms with van der Waals surface area (Å²) in [6, 6.07) is 11.4. The molecule has 8 heteroatoms. The number of anilines is 1. The average molecular weight is 387 g/mol. The molecule has 0 aliphatic heterocycles. The number of nitrogens with one attached hydrogen (secondary N) is 2. The normalized spacial score (nSPS) is 11.3. The lowest BCUT2D eigenvalue weighted by molar-refractivity contribution is -0.115. The zero-order chi connectivity index (χ0) is 17.7. The quantitative estimate of drug-likeness (QED) is 0.797. The third-order valence-electron chi connectivity index (χ3n) is 3.28. The average Bonchev–Trinajstić information content (AvgIpc) is 2.56. The van der Waals surface area contributed by atoms with E-state index in [0.29, 0.717) is 5.69 Å². The van der Waals surface area contributed by atoms with Gasteiger partial charge in [0.15, 0.2) is 0 Å². The molecule has 0 aliphatic carbocycles. The third kappa shape index (κ3) is 4.70. The van der Waals surface area contributed by atoms with Crippen LogP contribution in [0.1, 0.15) is 12.5 Å². The molecule has 24 heavy (non-hydrogen) atoms. The Bertz CT molecular complexity index is 854. The number of hydrogen-bond donors (Lipinski definition) is 2. The van der Waals surface area contributed by atoms with Gasteiger partial charge in [0.05, 0.1) is 11.6 Å². The van der Waals surface area contributed by atoms with E-state index < -0.39 is 22.5 Å². The van der Waals surface area contributed by atoms with Crippen LogP contribution in [0, 0.1) is 0 Å². The topological polar surface area (TPSA) is 75.3 Å². The van der Waals surface area contributed by atoms with Crippen molar-refractivity contribution in [1.29, 1.82) is 0 Å². The number of para-hydroxylation sites is 1. The number of benzene rings is 2. The highest BCUT2D eigenvalue weighted by atomic mass is 35.5. The van der Waals surface area contributed by atoms with Crippen molar-refractivity contribution < 1.29 is 13.2 Å².